The summed E-state index contributed by atoms with van der Waals surface area (Å²) < 4.78 is 5.82. The molecule has 2 N–H and O–H groups in total. The highest BCUT2D eigenvalue weighted by Crippen LogP contribution is 2.61. The first kappa shape index (κ1) is 28.3. The molecule has 3 aromatic rings. The Bertz CT molecular complexity index is 1540. The maximum absolute atomic E-state index is 13.3. The molecule has 42 heavy (non-hydrogen) atoms. The lowest BCUT2D eigenvalue weighted by Crippen LogP contribution is -2.74. The van der Waals surface area contributed by atoms with Crippen molar-refractivity contribution in [2.24, 2.45) is 0 Å². The number of likely N-dealkylation sites (tertiary alicyclic amines) is 1. The van der Waals surface area contributed by atoms with Gasteiger partial charge in [-0.2, -0.15) is 0 Å². The molecule has 3 aliphatic rings. The lowest BCUT2D eigenvalue weighted by atomic mass is 9.48. The van der Waals surface area contributed by atoms with Gasteiger partial charge in [0.1, 0.15) is 0 Å². The maximum atomic E-state index is 13.3. The first-order valence-corrected chi connectivity index (χ1v) is 15.0. The number of hydrogen-bond acceptors (Lipinski definition) is 5. The van der Waals surface area contributed by atoms with Crippen molar-refractivity contribution in [1.82, 2.24) is 9.80 Å². The molecule has 2 bridgehead atoms. The summed E-state index contributed by atoms with van der Waals surface area (Å²) in [5, 5.41) is 23.7. The van der Waals surface area contributed by atoms with Crippen molar-refractivity contribution in [2.75, 3.05) is 27.2 Å². The summed E-state index contributed by atoms with van der Waals surface area (Å²) in [5.74, 6) is 6.21. The molecule has 218 valence electrons. The van der Waals surface area contributed by atoms with Gasteiger partial charge in [-0.3, -0.25) is 9.69 Å². The molecule has 0 unspecified atom stereocenters. The molecule has 1 saturated heterocycles. The van der Waals surface area contributed by atoms with Gasteiger partial charge in [-0.15, -0.1) is 0 Å². The van der Waals surface area contributed by atoms with Crippen LogP contribution < -0.4 is 4.74 Å². The Kier molecular flexibility index (Phi) is 7.51. The van der Waals surface area contributed by atoms with Gasteiger partial charge in [-0.1, -0.05) is 54.5 Å². The molecular formula is C36H40N2O4. The maximum Gasteiger partial charge on any atom is 0.298 e. The molecule has 3 aromatic carbocycles. The van der Waals surface area contributed by atoms with Crippen molar-refractivity contribution in [3.8, 4) is 23.3 Å². The van der Waals surface area contributed by atoms with Crippen LogP contribution in [0.2, 0.25) is 0 Å². The molecule has 0 radical (unpaired) electrons. The van der Waals surface area contributed by atoms with Gasteiger partial charge < -0.3 is 19.8 Å². The standard InChI is InChI=1S/C36H40N2O4/c1-25-8-7-11-27(22-25)12-15-32(40)37(2)29-16-18-36(41)31-23-28-13-14-30(39)34(42-3)33(28)35(36,24-29)19-21-38(31)20-17-26-9-5-4-6-10-26/h4-11,13-14,22,29,31,39,41H,16-21,23-24H2,1-3H3/t29-,31+,35+,36+/m0/s1. The van der Waals surface area contributed by atoms with E-state index in [0.717, 1.165) is 48.2 Å². The molecule has 6 rings (SSSR count). The summed E-state index contributed by atoms with van der Waals surface area (Å²) in [4.78, 5) is 17.6. The Hall–Kier alpha value is -3.79. The summed E-state index contributed by atoms with van der Waals surface area (Å²) in [6.07, 6.45) is 4.17. The normalized spacial score (nSPS) is 26.3. The number of hydrogen-bond donors (Lipinski definition) is 2. The molecule has 2 fully saturated rings. The zero-order valence-electron chi connectivity index (χ0n) is 24.8. The van der Waals surface area contributed by atoms with E-state index >= 15 is 0 Å². The van der Waals surface area contributed by atoms with Crippen LogP contribution in [0.3, 0.4) is 0 Å². The summed E-state index contributed by atoms with van der Waals surface area (Å²) >= 11 is 0. The minimum absolute atomic E-state index is 0.0558. The van der Waals surface area contributed by atoms with Crippen LogP contribution in [0.1, 0.15) is 53.5 Å². The van der Waals surface area contributed by atoms with E-state index in [4.69, 9.17) is 4.74 Å². The van der Waals surface area contributed by atoms with Crippen LogP contribution in [0.15, 0.2) is 66.7 Å². The van der Waals surface area contributed by atoms with E-state index in [1.807, 2.05) is 50.4 Å². The van der Waals surface area contributed by atoms with E-state index in [0.29, 0.717) is 31.4 Å². The average molecular weight is 565 g/mol. The van der Waals surface area contributed by atoms with Crippen molar-refractivity contribution < 1.29 is 19.7 Å². The number of fused-ring (bicyclic) bond motifs is 1. The first-order valence-electron chi connectivity index (χ1n) is 15.0. The number of phenolic OH excluding ortho intramolecular Hbond substituents is 1. The van der Waals surface area contributed by atoms with Crippen molar-refractivity contribution in [3.63, 3.8) is 0 Å². The van der Waals surface area contributed by atoms with Gasteiger partial charge in [0.2, 0.25) is 0 Å². The van der Waals surface area contributed by atoms with Crippen molar-refractivity contribution in [3.05, 3.63) is 94.5 Å². The number of methoxy groups -OCH3 is 1. The van der Waals surface area contributed by atoms with E-state index in [2.05, 4.69) is 41.0 Å². The topological polar surface area (TPSA) is 73.2 Å². The zero-order valence-corrected chi connectivity index (χ0v) is 24.8. The number of nitrogens with zero attached hydrogens (tertiary/aromatic N) is 2. The highest BCUT2D eigenvalue weighted by molar-refractivity contribution is 5.94. The second kappa shape index (κ2) is 11.1. The fourth-order valence-corrected chi connectivity index (χ4v) is 7.99. The van der Waals surface area contributed by atoms with Crippen LogP contribution in [0.5, 0.6) is 11.5 Å². The molecule has 1 saturated carbocycles. The Morgan fingerprint density at radius 1 is 1.12 bits per heavy atom. The van der Waals surface area contributed by atoms with Crippen LogP contribution in [-0.2, 0) is 23.1 Å². The lowest BCUT2D eigenvalue weighted by molar-refractivity contribution is -0.177. The number of benzene rings is 3. The monoisotopic (exact) mass is 564 g/mol. The van der Waals surface area contributed by atoms with Gasteiger partial charge in [0.25, 0.3) is 5.91 Å². The van der Waals surface area contributed by atoms with Gasteiger partial charge in [0.15, 0.2) is 11.5 Å². The fourth-order valence-electron chi connectivity index (χ4n) is 7.99. The van der Waals surface area contributed by atoms with Crippen LogP contribution >= 0.6 is 0 Å². The fraction of sp³-hybridized carbons (Fsp3) is 0.417. The highest BCUT2D eigenvalue weighted by atomic mass is 16.5. The van der Waals surface area contributed by atoms with Crippen molar-refractivity contribution in [2.45, 2.75) is 68.5 Å². The van der Waals surface area contributed by atoms with Crippen molar-refractivity contribution >= 4 is 5.91 Å². The summed E-state index contributed by atoms with van der Waals surface area (Å²) in [6.45, 7) is 3.71. The van der Waals surface area contributed by atoms with E-state index in [-0.39, 0.29) is 23.7 Å². The van der Waals surface area contributed by atoms with Gasteiger partial charge in [0.05, 0.1) is 12.7 Å². The number of aryl methyl sites for hydroxylation is 1. The SMILES string of the molecule is COc1c(O)ccc2c1[C@]13CCN(CCc4ccccc4)[C@H](C2)[C@]1(O)CC[C@H](N(C)C(=O)C#Cc1cccc(C)c1)C3. The molecule has 0 spiro atoms. The Balaban J connectivity index is 1.33. The van der Waals surface area contributed by atoms with E-state index in [1.165, 1.54) is 5.56 Å². The average Bonchev–Trinajstić information content (AvgIpc) is 2.99. The second-order valence-corrected chi connectivity index (χ2v) is 12.3. The van der Waals surface area contributed by atoms with E-state index < -0.39 is 11.0 Å². The van der Waals surface area contributed by atoms with Gasteiger partial charge >= 0.3 is 0 Å². The molecule has 1 aliphatic heterocycles. The first-order chi connectivity index (χ1) is 20.3. The number of aliphatic hydroxyl groups is 1. The third-order valence-electron chi connectivity index (χ3n) is 10.1. The van der Waals surface area contributed by atoms with Gasteiger partial charge in [-0.25, -0.2) is 0 Å². The quantitative estimate of drug-likeness (QED) is 0.443. The minimum Gasteiger partial charge on any atom is -0.504 e. The van der Waals surface area contributed by atoms with Crippen LogP contribution in [0, 0.1) is 18.8 Å². The Morgan fingerprint density at radius 2 is 1.93 bits per heavy atom. The zero-order chi connectivity index (χ0) is 29.5. The third-order valence-corrected chi connectivity index (χ3v) is 10.1. The predicted octanol–water partition coefficient (Wildman–Crippen LogP) is 4.61. The lowest BCUT2D eigenvalue weighted by Gasteiger charge is -2.65. The number of amides is 1. The Morgan fingerprint density at radius 3 is 2.69 bits per heavy atom. The molecular weight excluding hydrogens is 524 g/mol. The second-order valence-electron chi connectivity index (χ2n) is 12.3. The number of ether oxygens (including phenoxy) is 1. The molecule has 6 nitrogen and oxygen atoms in total. The molecule has 4 atom stereocenters. The summed E-state index contributed by atoms with van der Waals surface area (Å²) in [5.41, 5.74) is 3.58. The number of aromatic hydroxyl groups is 1. The minimum atomic E-state index is -1.01. The molecule has 1 heterocycles. The third kappa shape index (κ3) is 4.75. The highest BCUT2D eigenvalue weighted by Gasteiger charge is 2.66. The van der Waals surface area contributed by atoms with Crippen LogP contribution in [0.25, 0.3) is 0 Å². The summed E-state index contributed by atoms with van der Waals surface area (Å²) in [7, 11) is 3.41. The van der Waals surface area contributed by atoms with Crippen LogP contribution in [0.4, 0.5) is 0 Å². The predicted molar refractivity (Wildman–Crippen MR) is 164 cm³/mol. The number of carbonyl (C=O) groups excluding carboxylic acids is 1. The van der Waals surface area contributed by atoms with Crippen LogP contribution in [-0.4, -0.2) is 70.9 Å². The smallest absolute Gasteiger partial charge is 0.298 e. The molecule has 2 aliphatic carbocycles. The number of phenols is 1. The number of rotatable bonds is 5. The van der Waals surface area contributed by atoms with E-state index in [9.17, 15) is 15.0 Å². The molecule has 1 amide bonds. The van der Waals surface area contributed by atoms with E-state index in [1.54, 1.807) is 18.1 Å². The van der Waals surface area contributed by atoms with Gasteiger partial charge in [0, 0.05) is 48.1 Å². The summed E-state index contributed by atoms with van der Waals surface area (Å²) in [6, 6.07) is 21.9. The molecule has 0 aromatic heterocycles. The Labute approximate surface area is 248 Å². The van der Waals surface area contributed by atoms with Gasteiger partial charge in [-0.05, 0) is 86.9 Å². The van der Waals surface area contributed by atoms with Crippen molar-refractivity contribution in [1.29, 1.82) is 0 Å². The molecule has 6 heteroatoms. The number of piperidine rings is 1. The number of carbonyl (C=O) groups is 1. The largest absolute Gasteiger partial charge is 0.504 e.